The Morgan fingerprint density at radius 1 is 0.415 bits per heavy atom. The molecule has 0 unspecified atom stereocenters. The Labute approximate surface area is 250 Å². The van der Waals surface area contributed by atoms with Crippen molar-refractivity contribution >= 4 is 0 Å². The van der Waals surface area contributed by atoms with Gasteiger partial charge in [0.1, 0.15) is 0 Å². The summed E-state index contributed by atoms with van der Waals surface area (Å²) < 4.78 is 47.6. The molecule has 0 saturated heterocycles. The Hall–Kier alpha value is -4.59. The fraction of sp³-hybridized carbons (Fsp3) is 0. The number of nitrogens with zero attached hydrogens (tertiary/aromatic N) is 4. The van der Waals surface area contributed by atoms with Gasteiger partial charge in [-0.05, 0) is 48.5 Å². The molecule has 211 valence electrons. The van der Waals surface area contributed by atoms with Crippen molar-refractivity contribution in [3.05, 3.63) is 182 Å². The SMILES string of the molecule is Fc1c[c-]cc(F)c1.Fc1c[c-]cc(F)c1.[Ir].c1ccc(-c2ccccn2)nc1.c1ccncc1.c1ccncc1. The van der Waals surface area contributed by atoms with Crippen LogP contribution < -0.4 is 0 Å². The standard InChI is InChI=1S/C10H8N2.2C6H3F2.2C5H5N.Ir/c1-3-7-11-9(5-1)10-6-2-4-8-12-10;2*7-5-2-1-3-6(8)4-5;2*1-2-4-6-5-3-1;/h1-8H;2*2-4H;2*1-5H;/q;2*-1;;;. The van der Waals surface area contributed by atoms with Gasteiger partial charge in [-0.15, -0.1) is 36.4 Å². The number of hydrogen-bond acceptors (Lipinski definition) is 4. The number of benzene rings is 2. The zero-order valence-electron chi connectivity index (χ0n) is 21.5. The molecule has 0 amide bonds. The molecular formula is C32H24F4IrN4-2. The third-order valence-corrected chi connectivity index (χ3v) is 4.16. The van der Waals surface area contributed by atoms with Gasteiger partial charge in [0.2, 0.25) is 0 Å². The first-order valence-corrected chi connectivity index (χ1v) is 11.7. The van der Waals surface area contributed by atoms with E-state index in [9.17, 15) is 17.6 Å². The van der Waals surface area contributed by atoms with Gasteiger partial charge in [-0.1, -0.05) is 24.3 Å². The molecule has 1 radical (unpaired) electrons. The van der Waals surface area contributed by atoms with Gasteiger partial charge in [0, 0.05) is 80.6 Å². The van der Waals surface area contributed by atoms with Crippen LogP contribution in [0.15, 0.2) is 146 Å². The molecule has 0 fully saturated rings. The van der Waals surface area contributed by atoms with E-state index in [4.69, 9.17) is 0 Å². The third kappa shape index (κ3) is 17.6. The van der Waals surface area contributed by atoms with E-state index in [1.165, 1.54) is 0 Å². The average molecular weight is 733 g/mol. The predicted molar refractivity (Wildman–Crippen MR) is 146 cm³/mol. The predicted octanol–water partition coefficient (Wildman–Crippen LogP) is 7.83. The maximum Gasteiger partial charge on any atom is 0.0886 e. The maximum absolute atomic E-state index is 11.9. The van der Waals surface area contributed by atoms with E-state index < -0.39 is 23.3 Å². The molecule has 0 saturated carbocycles. The molecule has 0 aliphatic carbocycles. The van der Waals surface area contributed by atoms with Crippen molar-refractivity contribution in [2.75, 3.05) is 0 Å². The maximum atomic E-state index is 11.9. The number of hydrogen-bond donors (Lipinski definition) is 0. The largest absolute Gasteiger partial charge is 0.284 e. The van der Waals surface area contributed by atoms with E-state index >= 15 is 0 Å². The van der Waals surface area contributed by atoms with Crippen LogP contribution in [0.25, 0.3) is 11.4 Å². The molecule has 0 bridgehead atoms. The molecule has 0 aliphatic rings. The van der Waals surface area contributed by atoms with Crippen molar-refractivity contribution in [2.24, 2.45) is 0 Å². The number of rotatable bonds is 1. The van der Waals surface area contributed by atoms with Gasteiger partial charge in [-0.3, -0.25) is 37.5 Å². The molecule has 6 aromatic rings. The second kappa shape index (κ2) is 22.2. The number of halogens is 4. The van der Waals surface area contributed by atoms with Gasteiger partial charge in [-0.25, -0.2) is 0 Å². The van der Waals surface area contributed by atoms with E-state index in [1.54, 1.807) is 37.2 Å². The third-order valence-electron chi connectivity index (χ3n) is 4.16. The minimum Gasteiger partial charge on any atom is -0.284 e. The average Bonchev–Trinajstić information content (AvgIpc) is 3.01. The topological polar surface area (TPSA) is 51.6 Å². The summed E-state index contributed by atoms with van der Waals surface area (Å²) in [4.78, 5) is 15.9. The number of aromatic nitrogens is 4. The summed E-state index contributed by atoms with van der Waals surface area (Å²) in [5, 5.41) is 0. The second-order valence-electron chi connectivity index (χ2n) is 7.22. The van der Waals surface area contributed by atoms with E-state index in [0.29, 0.717) is 0 Å². The van der Waals surface area contributed by atoms with Crippen LogP contribution in [-0.2, 0) is 20.1 Å². The van der Waals surface area contributed by atoms with Gasteiger partial charge in [0.25, 0.3) is 0 Å². The quantitative estimate of drug-likeness (QED) is 0.128. The fourth-order valence-electron chi connectivity index (χ4n) is 2.49. The Morgan fingerprint density at radius 3 is 0.902 bits per heavy atom. The van der Waals surface area contributed by atoms with Crippen LogP contribution in [0.1, 0.15) is 0 Å². The van der Waals surface area contributed by atoms with Gasteiger partial charge in [0.05, 0.1) is 11.4 Å². The van der Waals surface area contributed by atoms with Crippen molar-refractivity contribution in [2.45, 2.75) is 0 Å². The van der Waals surface area contributed by atoms with Crippen LogP contribution in [0.5, 0.6) is 0 Å². The smallest absolute Gasteiger partial charge is 0.0886 e. The fourth-order valence-corrected chi connectivity index (χ4v) is 2.49. The zero-order chi connectivity index (χ0) is 28.7. The normalized spacial score (nSPS) is 8.78. The van der Waals surface area contributed by atoms with Gasteiger partial charge in [0.15, 0.2) is 0 Å². The van der Waals surface area contributed by atoms with E-state index in [1.807, 2.05) is 72.8 Å². The summed E-state index contributed by atoms with van der Waals surface area (Å²) in [5.74, 6) is -2.37. The van der Waals surface area contributed by atoms with Gasteiger partial charge < -0.3 is 0 Å². The van der Waals surface area contributed by atoms with Crippen molar-refractivity contribution < 1.29 is 37.7 Å². The van der Waals surface area contributed by atoms with Crippen LogP contribution in [0.2, 0.25) is 0 Å². The van der Waals surface area contributed by atoms with E-state index in [-0.39, 0.29) is 20.1 Å². The van der Waals surface area contributed by atoms with Crippen LogP contribution in [0, 0.1) is 35.4 Å². The van der Waals surface area contributed by atoms with Crippen molar-refractivity contribution in [1.29, 1.82) is 0 Å². The molecule has 0 aliphatic heterocycles. The molecule has 4 aromatic heterocycles. The summed E-state index contributed by atoms with van der Waals surface area (Å²) in [6.45, 7) is 0. The molecule has 41 heavy (non-hydrogen) atoms. The Bertz CT molecular complexity index is 1230. The molecule has 4 nitrogen and oxygen atoms in total. The Balaban J connectivity index is 0.000000262. The summed E-state index contributed by atoms with van der Waals surface area (Å²) in [6, 6.07) is 33.5. The minimum absolute atomic E-state index is 0. The Morgan fingerprint density at radius 2 is 0.732 bits per heavy atom. The van der Waals surface area contributed by atoms with Crippen molar-refractivity contribution in [3.63, 3.8) is 0 Å². The summed E-state index contributed by atoms with van der Waals surface area (Å²) in [7, 11) is 0. The summed E-state index contributed by atoms with van der Waals surface area (Å²) >= 11 is 0. The van der Waals surface area contributed by atoms with Crippen LogP contribution >= 0.6 is 0 Å². The summed E-state index contributed by atoms with van der Waals surface area (Å²) in [5.41, 5.74) is 1.83. The van der Waals surface area contributed by atoms with Crippen molar-refractivity contribution in [1.82, 2.24) is 19.9 Å². The molecule has 0 N–H and O–H groups in total. The van der Waals surface area contributed by atoms with Crippen LogP contribution in [-0.4, -0.2) is 19.9 Å². The van der Waals surface area contributed by atoms with Crippen LogP contribution in [0.3, 0.4) is 0 Å². The Kier molecular flexibility index (Phi) is 18.7. The molecule has 0 atom stereocenters. The van der Waals surface area contributed by atoms with Gasteiger partial charge >= 0.3 is 0 Å². The van der Waals surface area contributed by atoms with E-state index in [0.717, 1.165) is 47.8 Å². The first kappa shape index (κ1) is 34.4. The summed E-state index contributed by atoms with van der Waals surface area (Å²) in [6.07, 6.45) is 10.5. The van der Waals surface area contributed by atoms with Gasteiger partial charge in [-0.2, -0.15) is 12.1 Å². The van der Waals surface area contributed by atoms with E-state index in [2.05, 4.69) is 32.1 Å². The molecule has 0 spiro atoms. The molecular weight excluding hydrogens is 709 g/mol. The van der Waals surface area contributed by atoms with Crippen LogP contribution in [0.4, 0.5) is 17.6 Å². The second-order valence-corrected chi connectivity index (χ2v) is 7.22. The first-order valence-electron chi connectivity index (χ1n) is 11.7. The minimum atomic E-state index is -0.593. The molecule has 2 aromatic carbocycles. The molecule has 6 rings (SSSR count). The molecule has 4 heterocycles. The zero-order valence-corrected chi connectivity index (χ0v) is 23.9. The first-order chi connectivity index (χ1) is 19.5. The monoisotopic (exact) mass is 733 g/mol. The molecule has 9 heteroatoms. The number of pyridine rings is 4. The van der Waals surface area contributed by atoms with Crippen molar-refractivity contribution in [3.8, 4) is 11.4 Å².